The Bertz CT molecular complexity index is 529. The molecule has 0 radical (unpaired) electrons. The Morgan fingerprint density at radius 2 is 1.90 bits per heavy atom. The Kier molecular flexibility index (Phi) is 4.73. The minimum atomic E-state index is -4.43. The van der Waals surface area contributed by atoms with Gasteiger partial charge in [-0.2, -0.15) is 18.4 Å². The van der Waals surface area contributed by atoms with Crippen molar-refractivity contribution in [1.82, 2.24) is 0 Å². The highest BCUT2D eigenvalue weighted by molar-refractivity contribution is 5.59. The number of rotatable bonds is 3. The van der Waals surface area contributed by atoms with Gasteiger partial charge in [0.05, 0.1) is 22.9 Å². The third kappa shape index (κ3) is 3.88. The van der Waals surface area contributed by atoms with Crippen molar-refractivity contribution in [3.63, 3.8) is 0 Å². The molecule has 0 bridgehead atoms. The molecule has 0 heterocycles. The summed E-state index contributed by atoms with van der Waals surface area (Å²) in [4.78, 5) is 0. The molecule has 114 valence electrons. The SMILES string of the molecule is COC1CCC(Nc2ccc(C(F)(F)F)cc2C#N)CC1. The van der Waals surface area contributed by atoms with Crippen LogP contribution in [0.15, 0.2) is 18.2 Å². The maximum absolute atomic E-state index is 12.6. The molecule has 1 aromatic carbocycles. The lowest BCUT2D eigenvalue weighted by Gasteiger charge is -2.29. The molecular weight excluding hydrogens is 281 g/mol. The molecule has 1 fully saturated rings. The van der Waals surface area contributed by atoms with Crippen molar-refractivity contribution < 1.29 is 17.9 Å². The summed E-state index contributed by atoms with van der Waals surface area (Å²) >= 11 is 0. The molecule has 1 aliphatic carbocycles. The molecule has 1 aliphatic rings. The molecule has 1 saturated carbocycles. The highest BCUT2D eigenvalue weighted by Gasteiger charge is 2.31. The summed E-state index contributed by atoms with van der Waals surface area (Å²) in [5.74, 6) is 0. The number of nitrogens with one attached hydrogen (secondary N) is 1. The monoisotopic (exact) mass is 298 g/mol. The zero-order valence-corrected chi connectivity index (χ0v) is 11.7. The lowest BCUT2D eigenvalue weighted by Crippen LogP contribution is -2.29. The molecule has 0 amide bonds. The highest BCUT2D eigenvalue weighted by Crippen LogP contribution is 2.32. The summed E-state index contributed by atoms with van der Waals surface area (Å²) in [7, 11) is 1.68. The van der Waals surface area contributed by atoms with E-state index in [1.165, 1.54) is 6.07 Å². The third-order valence-electron chi connectivity index (χ3n) is 3.83. The van der Waals surface area contributed by atoms with Crippen LogP contribution in [0.1, 0.15) is 36.8 Å². The van der Waals surface area contributed by atoms with Crippen LogP contribution in [0.2, 0.25) is 0 Å². The topological polar surface area (TPSA) is 45.0 Å². The van der Waals surface area contributed by atoms with Crippen LogP contribution in [-0.2, 0) is 10.9 Å². The van der Waals surface area contributed by atoms with Gasteiger partial charge >= 0.3 is 6.18 Å². The van der Waals surface area contributed by atoms with E-state index in [2.05, 4.69) is 5.32 Å². The first-order valence-corrected chi connectivity index (χ1v) is 6.84. The summed E-state index contributed by atoms with van der Waals surface area (Å²) in [5.41, 5.74) is -0.308. The zero-order chi connectivity index (χ0) is 15.5. The number of nitriles is 1. The minimum absolute atomic E-state index is 0.0266. The van der Waals surface area contributed by atoms with Gasteiger partial charge in [-0.15, -0.1) is 0 Å². The Morgan fingerprint density at radius 3 is 2.43 bits per heavy atom. The minimum Gasteiger partial charge on any atom is -0.381 e. The number of ether oxygens (including phenoxy) is 1. The van der Waals surface area contributed by atoms with Gasteiger partial charge < -0.3 is 10.1 Å². The molecule has 0 saturated heterocycles. The second-order valence-electron chi connectivity index (χ2n) is 5.22. The van der Waals surface area contributed by atoms with Crippen LogP contribution in [0.3, 0.4) is 0 Å². The largest absolute Gasteiger partial charge is 0.416 e. The number of halogens is 3. The third-order valence-corrected chi connectivity index (χ3v) is 3.83. The first-order valence-electron chi connectivity index (χ1n) is 6.84. The predicted octanol–water partition coefficient (Wildman–Crippen LogP) is 3.95. The number of benzene rings is 1. The van der Waals surface area contributed by atoms with Gasteiger partial charge in [0.1, 0.15) is 6.07 Å². The Balaban J connectivity index is 2.09. The fourth-order valence-electron chi connectivity index (χ4n) is 2.60. The number of hydrogen-bond donors (Lipinski definition) is 1. The summed E-state index contributed by atoms with van der Waals surface area (Å²) in [6.07, 6.45) is -0.589. The molecule has 0 aliphatic heterocycles. The second kappa shape index (κ2) is 6.35. The van der Waals surface area contributed by atoms with Gasteiger partial charge in [0.25, 0.3) is 0 Å². The molecule has 0 spiro atoms. The van der Waals surface area contributed by atoms with E-state index < -0.39 is 11.7 Å². The van der Waals surface area contributed by atoms with E-state index in [1.807, 2.05) is 6.07 Å². The van der Waals surface area contributed by atoms with E-state index in [9.17, 15) is 13.2 Å². The Labute approximate surface area is 121 Å². The number of hydrogen-bond acceptors (Lipinski definition) is 3. The van der Waals surface area contributed by atoms with Crippen LogP contribution in [0.5, 0.6) is 0 Å². The van der Waals surface area contributed by atoms with Crippen LogP contribution in [-0.4, -0.2) is 19.3 Å². The molecular formula is C15H17F3N2O. The molecule has 21 heavy (non-hydrogen) atoms. The van der Waals surface area contributed by atoms with Crippen LogP contribution in [0, 0.1) is 11.3 Å². The normalized spacial score (nSPS) is 22.6. The van der Waals surface area contributed by atoms with Crippen LogP contribution < -0.4 is 5.32 Å². The molecule has 0 aromatic heterocycles. The van der Waals surface area contributed by atoms with Crippen molar-refractivity contribution in [2.75, 3.05) is 12.4 Å². The Morgan fingerprint density at radius 1 is 1.24 bits per heavy atom. The van der Waals surface area contributed by atoms with E-state index in [0.29, 0.717) is 5.69 Å². The van der Waals surface area contributed by atoms with Gasteiger partial charge in [-0.3, -0.25) is 0 Å². The fourth-order valence-corrected chi connectivity index (χ4v) is 2.60. The maximum Gasteiger partial charge on any atom is 0.416 e. The highest BCUT2D eigenvalue weighted by atomic mass is 19.4. The number of alkyl halides is 3. The average molecular weight is 298 g/mol. The smallest absolute Gasteiger partial charge is 0.381 e. The molecule has 1 aromatic rings. The molecule has 6 heteroatoms. The van der Waals surface area contributed by atoms with E-state index in [4.69, 9.17) is 10.00 Å². The standard InChI is InChI=1S/C15H17F3N2O/c1-21-13-5-3-12(4-6-13)20-14-7-2-11(15(16,17)18)8-10(14)9-19/h2,7-8,12-13,20H,3-6H2,1H3. The van der Waals surface area contributed by atoms with E-state index in [-0.39, 0.29) is 17.7 Å². The molecule has 3 nitrogen and oxygen atoms in total. The first-order chi connectivity index (χ1) is 9.94. The van der Waals surface area contributed by atoms with Gasteiger partial charge in [0.2, 0.25) is 0 Å². The van der Waals surface area contributed by atoms with Crippen molar-refractivity contribution in [1.29, 1.82) is 5.26 Å². The first kappa shape index (κ1) is 15.6. The van der Waals surface area contributed by atoms with E-state index in [0.717, 1.165) is 37.8 Å². The van der Waals surface area contributed by atoms with Gasteiger partial charge in [-0.1, -0.05) is 0 Å². The Hall–Kier alpha value is -1.74. The second-order valence-corrected chi connectivity index (χ2v) is 5.22. The van der Waals surface area contributed by atoms with E-state index in [1.54, 1.807) is 7.11 Å². The molecule has 0 unspecified atom stereocenters. The van der Waals surface area contributed by atoms with Crippen LogP contribution in [0.25, 0.3) is 0 Å². The summed E-state index contributed by atoms with van der Waals surface area (Å²) < 4.78 is 43.2. The van der Waals surface area contributed by atoms with Crippen molar-refractivity contribution in [2.45, 2.75) is 44.0 Å². The average Bonchev–Trinajstić information content (AvgIpc) is 2.47. The van der Waals surface area contributed by atoms with Gasteiger partial charge in [0.15, 0.2) is 0 Å². The van der Waals surface area contributed by atoms with Crippen molar-refractivity contribution in [2.24, 2.45) is 0 Å². The molecule has 1 N–H and O–H groups in total. The van der Waals surface area contributed by atoms with Crippen molar-refractivity contribution >= 4 is 5.69 Å². The van der Waals surface area contributed by atoms with Crippen LogP contribution >= 0.6 is 0 Å². The predicted molar refractivity (Wildman–Crippen MR) is 72.8 cm³/mol. The quantitative estimate of drug-likeness (QED) is 0.919. The van der Waals surface area contributed by atoms with Crippen LogP contribution in [0.4, 0.5) is 18.9 Å². The zero-order valence-electron chi connectivity index (χ0n) is 11.7. The van der Waals surface area contributed by atoms with Gasteiger partial charge in [-0.25, -0.2) is 0 Å². The number of nitrogens with zero attached hydrogens (tertiary/aromatic N) is 1. The summed E-state index contributed by atoms with van der Waals surface area (Å²) in [5, 5.41) is 12.2. The van der Waals surface area contributed by atoms with Gasteiger partial charge in [-0.05, 0) is 43.9 Å². The summed E-state index contributed by atoms with van der Waals surface area (Å²) in [6, 6.07) is 5.23. The molecule has 2 rings (SSSR count). The number of anilines is 1. The molecule has 0 atom stereocenters. The van der Waals surface area contributed by atoms with Gasteiger partial charge in [0, 0.05) is 13.2 Å². The van der Waals surface area contributed by atoms with Crippen molar-refractivity contribution in [3.05, 3.63) is 29.3 Å². The maximum atomic E-state index is 12.6. The van der Waals surface area contributed by atoms with Crippen molar-refractivity contribution in [3.8, 4) is 6.07 Å². The fraction of sp³-hybridized carbons (Fsp3) is 0.533. The lowest BCUT2D eigenvalue weighted by atomic mass is 9.92. The van der Waals surface area contributed by atoms with E-state index >= 15 is 0 Å². The summed E-state index contributed by atoms with van der Waals surface area (Å²) in [6.45, 7) is 0. The number of methoxy groups -OCH3 is 1. The lowest BCUT2D eigenvalue weighted by molar-refractivity contribution is -0.137.